The molecule has 2 aromatic carbocycles. The molecule has 1 fully saturated rings. The van der Waals surface area contributed by atoms with Gasteiger partial charge in [-0.05, 0) is 49.7 Å². The number of anilines is 2. The highest BCUT2D eigenvalue weighted by Crippen LogP contribution is 2.24. The number of rotatable bonds is 4. The molecule has 1 aliphatic heterocycles. The van der Waals surface area contributed by atoms with Crippen molar-refractivity contribution in [3.63, 3.8) is 0 Å². The van der Waals surface area contributed by atoms with Gasteiger partial charge in [0, 0.05) is 49.0 Å². The zero-order valence-electron chi connectivity index (χ0n) is 18.6. The van der Waals surface area contributed by atoms with E-state index in [0.29, 0.717) is 24.8 Å². The number of carbonyl (C=O) groups is 1. The van der Waals surface area contributed by atoms with Crippen LogP contribution >= 0.6 is 0 Å². The van der Waals surface area contributed by atoms with Gasteiger partial charge >= 0.3 is 6.03 Å². The van der Waals surface area contributed by atoms with Crippen LogP contribution in [0.25, 0.3) is 11.4 Å². The maximum atomic E-state index is 12.7. The van der Waals surface area contributed by atoms with E-state index in [1.54, 1.807) is 0 Å². The molecule has 0 bridgehead atoms. The number of carbonyl (C=O) groups excluding carboxylic acids is 1. The van der Waals surface area contributed by atoms with Crippen LogP contribution in [0.2, 0.25) is 0 Å². The van der Waals surface area contributed by atoms with E-state index in [1.165, 1.54) is 5.56 Å². The third-order valence-corrected chi connectivity index (χ3v) is 5.62. The van der Waals surface area contributed by atoms with E-state index in [1.807, 2.05) is 49.9 Å². The Balaban J connectivity index is 1.34. The van der Waals surface area contributed by atoms with Crippen LogP contribution in [0.15, 0.2) is 47.0 Å². The summed E-state index contributed by atoms with van der Waals surface area (Å²) in [7, 11) is 0. The summed E-state index contributed by atoms with van der Waals surface area (Å²) in [5, 5.41) is 7.12. The number of hydrogen-bond acceptors (Lipinski definition) is 5. The van der Waals surface area contributed by atoms with Crippen molar-refractivity contribution in [1.29, 1.82) is 0 Å². The third kappa shape index (κ3) is 4.71. The molecular weight excluding hydrogens is 390 g/mol. The highest BCUT2D eigenvalue weighted by atomic mass is 16.5. The van der Waals surface area contributed by atoms with E-state index in [9.17, 15) is 4.79 Å². The Kier molecular flexibility index (Phi) is 5.93. The van der Waals surface area contributed by atoms with Crippen molar-refractivity contribution in [1.82, 2.24) is 15.0 Å². The van der Waals surface area contributed by atoms with Crippen molar-refractivity contribution < 1.29 is 9.32 Å². The lowest BCUT2D eigenvalue weighted by molar-refractivity contribution is 0.208. The van der Waals surface area contributed by atoms with Gasteiger partial charge in [0.05, 0.1) is 0 Å². The smallest absolute Gasteiger partial charge is 0.321 e. The van der Waals surface area contributed by atoms with Crippen molar-refractivity contribution in [2.45, 2.75) is 33.6 Å². The molecule has 2 heterocycles. The molecular formula is C24H29N5O2. The molecule has 0 atom stereocenters. The lowest BCUT2D eigenvalue weighted by Gasteiger charge is -2.36. The minimum atomic E-state index is -0.0417. The molecule has 0 radical (unpaired) electrons. The van der Waals surface area contributed by atoms with Gasteiger partial charge in [0.15, 0.2) is 0 Å². The Morgan fingerprint density at radius 2 is 1.74 bits per heavy atom. The molecule has 1 aromatic heterocycles. The second-order valence-corrected chi connectivity index (χ2v) is 8.38. The van der Waals surface area contributed by atoms with Crippen LogP contribution < -0.4 is 10.2 Å². The number of hydrogen-bond donors (Lipinski definition) is 1. The van der Waals surface area contributed by atoms with Gasteiger partial charge < -0.3 is 19.6 Å². The number of aromatic nitrogens is 2. The number of piperazine rings is 1. The van der Waals surface area contributed by atoms with Crippen LogP contribution in [0, 0.1) is 13.8 Å². The molecule has 4 rings (SSSR count). The molecule has 1 saturated heterocycles. The fourth-order valence-electron chi connectivity index (χ4n) is 3.72. The molecule has 162 valence electrons. The third-order valence-electron chi connectivity index (χ3n) is 5.62. The predicted molar refractivity (Wildman–Crippen MR) is 123 cm³/mol. The summed E-state index contributed by atoms with van der Waals surface area (Å²) >= 11 is 0. The first-order valence-corrected chi connectivity index (χ1v) is 10.7. The number of benzene rings is 2. The molecule has 2 amide bonds. The number of urea groups is 1. The molecule has 0 aliphatic carbocycles. The zero-order chi connectivity index (χ0) is 22.0. The normalized spacial score (nSPS) is 14.2. The van der Waals surface area contributed by atoms with Gasteiger partial charge in [0.1, 0.15) is 0 Å². The maximum Gasteiger partial charge on any atom is 0.321 e. The van der Waals surface area contributed by atoms with Gasteiger partial charge in [0.2, 0.25) is 11.7 Å². The second-order valence-electron chi connectivity index (χ2n) is 8.38. The molecule has 0 saturated carbocycles. The zero-order valence-corrected chi connectivity index (χ0v) is 18.6. The summed E-state index contributed by atoms with van der Waals surface area (Å²) in [6, 6.07) is 14.2. The standard InChI is InChI=1S/C24H29N5O2/c1-16(2)23-26-22(27-31-23)19-6-8-20(9-7-19)28-11-13-29(14-12-28)24(30)25-21-10-5-17(3)15-18(21)4/h5-10,15-16H,11-14H2,1-4H3,(H,25,30). The minimum absolute atomic E-state index is 0.0417. The van der Waals surface area contributed by atoms with Crippen LogP contribution in [0.4, 0.5) is 16.2 Å². The largest absolute Gasteiger partial charge is 0.368 e. The van der Waals surface area contributed by atoms with Crippen LogP contribution in [-0.2, 0) is 0 Å². The summed E-state index contributed by atoms with van der Waals surface area (Å²) in [6.07, 6.45) is 0. The SMILES string of the molecule is Cc1ccc(NC(=O)N2CCN(c3ccc(-c4noc(C(C)C)n4)cc3)CC2)c(C)c1. The summed E-state index contributed by atoms with van der Waals surface area (Å²) in [5.74, 6) is 1.47. The van der Waals surface area contributed by atoms with Gasteiger partial charge in [0.25, 0.3) is 0 Å². The minimum Gasteiger partial charge on any atom is -0.368 e. The van der Waals surface area contributed by atoms with E-state index in [2.05, 4.69) is 45.5 Å². The molecule has 1 N–H and O–H groups in total. The van der Waals surface area contributed by atoms with E-state index < -0.39 is 0 Å². The number of amides is 2. The van der Waals surface area contributed by atoms with Gasteiger partial charge in [-0.25, -0.2) is 4.79 Å². The maximum absolute atomic E-state index is 12.7. The Labute approximate surface area is 183 Å². The Morgan fingerprint density at radius 1 is 1.03 bits per heavy atom. The molecule has 1 aliphatic rings. The van der Waals surface area contributed by atoms with E-state index >= 15 is 0 Å². The van der Waals surface area contributed by atoms with Gasteiger partial charge in [-0.15, -0.1) is 0 Å². The van der Waals surface area contributed by atoms with Crippen molar-refractivity contribution in [2.75, 3.05) is 36.4 Å². The monoisotopic (exact) mass is 419 g/mol. The topological polar surface area (TPSA) is 74.5 Å². The van der Waals surface area contributed by atoms with E-state index in [0.717, 1.165) is 35.6 Å². The Bertz CT molecular complexity index is 1050. The van der Waals surface area contributed by atoms with Gasteiger partial charge in [-0.1, -0.05) is 36.7 Å². The van der Waals surface area contributed by atoms with Crippen LogP contribution in [0.3, 0.4) is 0 Å². The molecule has 0 spiro atoms. The summed E-state index contributed by atoms with van der Waals surface area (Å²) in [5.41, 5.74) is 5.20. The summed E-state index contributed by atoms with van der Waals surface area (Å²) < 4.78 is 5.30. The molecule has 7 heteroatoms. The van der Waals surface area contributed by atoms with Crippen LogP contribution in [-0.4, -0.2) is 47.3 Å². The second kappa shape index (κ2) is 8.79. The lowest BCUT2D eigenvalue weighted by Crippen LogP contribution is -2.50. The average molecular weight is 420 g/mol. The lowest BCUT2D eigenvalue weighted by atomic mass is 10.1. The average Bonchev–Trinajstić information content (AvgIpc) is 3.27. The molecule has 3 aromatic rings. The predicted octanol–water partition coefficient (Wildman–Crippen LogP) is 4.83. The van der Waals surface area contributed by atoms with Crippen molar-refractivity contribution in [3.05, 3.63) is 59.5 Å². The highest BCUT2D eigenvalue weighted by molar-refractivity contribution is 5.90. The number of nitrogens with one attached hydrogen (secondary N) is 1. The highest BCUT2D eigenvalue weighted by Gasteiger charge is 2.22. The van der Waals surface area contributed by atoms with E-state index in [-0.39, 0.29) is 11.9 Å². The van der Waals surface area contributed by atoms with Gasteiger partial charge in [-0.3, -0.25) is 0 Å². The summed E-state index contributed by atoms with van der Waals surface area (Å²) in [4.78, 5) is 21.3. The van der Waals surface area contributed by atoms with Crippen molar-refractivity contribution in [2.24, 2.45) is 0 Å². The van der Waals surface area contributed by atoms with Crippen molar-refractivity contribution >= 4 is 17.4 Å². The van der Waals surface area contributed by atoms with Crippen LogP contribution in [0.1, 0.15) is 36.8 Å². The number of aryl methyl sites for hydroxylation is 2. The fourth-order valence-corrected chi connectivity index (χ4v) is 3.72. The first-order chi connectivity index (χ1) is 14.9. The first-order valence-electron chi connectivity index (χ1n) is 10.7. The first kappa shape index (κ1) is 20.9. The van der Waals surface area contributed by atoms with E-state index in [4.69, 9.17) is 4.52 Å². The fraction of sp³-hybridized carbons (Fsp3) is 0.375. The van der Waals surface area contributed by atoms with Gasteiger partial charge in [-0.2, -0.15) is 4.98 Å². The Morgan fingerprint density at radius 3 is 2.35 bits per heavy atom. The quantitative estimate of drug-likeness (QED) is 0.656. The molecule has 0 unspecified atom stereocenters. The van der Waals surface area contributed by atoms with Crippen molar-refractivity contribution in [3.8, 4) is 11.4 Å². The molecule has 7 nitrogen and oxygen atoms in total. The summed E-state index contributed by atoms with van der Waals surface area (Å²) in [6.45, 7) is 11.1. The Hall–Kier alpha value is -3.35. The van der Waals surface area contributed by atoms with Crippen LogP contribution in [0.5, 0.6) is 0 Å². The number of nitrogens with zero attached hydrogens (tertiary/aromatic N) is 4. The molecule has 31 heavy (non-hydrogen) atoms.